The number of nitrogens with zero attached hydrogens (tertiary/aromatic N) is 1. The van der Waals surface area contributed by atoms with Crippen LogP contribution in [0.2, 0.25) is 0 Å². The van der Waals surface area contributed by atoms with Crippen LogP contribution in [0.1, 0.15) is 24.4 Å². The van der Waals surface area contributed by atoms with E-state index in [-0.39, 0.29) is 30.8 Å². The Labute approximate surface area is 138 Å². The molecule has 120 valence electrons. The summed E-state index contributed by atoms with van der Waals surface area (Å²) >= 11 is 0. The molecule has 0 spiro atoms. The van der Waals surface area contributed by atoms with Gasteiger partial charge in [-0.1, -0.05) is 30.3 Å². The quantitative estimate of drug-likeness (QED) is 0.859. The summed E-state index contributed by atoms with van der Waals surface area (Å²) in [5.74, 6) is 0.147. The zero-order valence-electron chi connectivity index (χ0n) is 12.2. The number of rotatable bonds is 4. The number of hydrogen-bond donors (Lipinski definition) is 1. The van der Waals surface area contributed by atoms with E-state index >= 15 is 0 Å². The van der Waals surface area contributed by atoms with Gasteiger partial charge in [0, 0.05) is 0 Å². The maximum absolute atomic E-state index is 11.9. The van der Waals surface area contributed by atoms with Gasteiger partial charge in [-0.25, -0.2) is 4.79 Å². The Hall–Kier alpha value is -0.810. The summed E-state index contributed by atoms with van der Waals surface area (Å²) in [7, 11) is 2.12. The first-order chi connectivity index (χ1) is 9.16. The highest BCUT2D eigenvalue weighted by molar-refractivity contribution is 5.85. The van der Waals surface area contributed by atoms with Crippen molar-refractivity contribution in [2.75, 3.05) is 26.7 Å². The van der Waals surface area contributed by atoms with Crippen LogP contribution < -0.4 is 5.73 Å². The summed E-state index contributed by atoms with van der Waals surface area (Å²) in [5.41, 5.74) is 6.70. The van der Waals surface area contributed by atoms with E-state index in [2.05, 4.69) is 11.9 Å². The molecule has 0 aromatic heterocycles. The van der Waals surface area contributed by atoms with Crippen molar-refractivity contribution in [2.45, 2.75) is 18.9 Å². The molecule has 1 fully saturated rings. The molecule has 0 bridgehead atoms. The predicted molar refractivity (Wildman–Crippen MR) is 89.0 cm³/mol. The number of hydrogen-bond acceptors (Lipinski definition) is 4. The molecule has 1 aliphatic rings. The van der Waals surface area contributed by atoms with Crippen molar-refractivity contribution < 1.29 is 9.53 Å². The van der Waals surface area contributed by atoms with E-state index in [0.717, 1.165) is 31.5 Å². The molecule has 1 heterocycles. The SMILES string of the molecule is CN1CCC(COC(=O)C(N)c2ccccc2)CC1.Cl.Cl. The van der Waals surface area contributed by atoms with Gasteiger partial charge in [-0.05, 0) is 44.5 Å². The van der Waals surface area contributed by atoms with Gasteiger partial charge in [0.25, 0.3) is 0 Å². The van der Waals surface area contributed by atoms with E-state index < -0.39 is 6.04 Å². The highest BCUT2D eigenvalue weighted by Gasteiger charge is 2.21. The van der Waals surface area contributed by atoms with E-state index in [0.29, 0.717) is 12.5 Å². The average Bonchev–Trinajstić information content (AvgIpc) is 2.46. The molecule has 1 atom stereocenters. The molecule has 0 radical (unpaired) electrons. The van der Waals surface area contributed by atoms with E-state index in [1.165, 1.54) is 0 Å². The van der Waals surface area contributed by atoms with Gasteiger partial charge in [0.05, 0.1) is 6.61 Å². The molecule has 2 rings (SSSR count). The Balaban J connectivity index is 0.00000200. The van der Waals surface area contributed by atoms with E-state index in [1.807, 2.05) is 30.3 Å². The lowest BCUT2D eigenvalue weighted by atomic mass is 9.98. The van der Waals surface area contributed by atoms with Gasteiger partial charge in [0.2, 0.25) is 0 Å². The third-order valence-corrected chi connectivity index (χ3v) is 3.71. The molecule has 1 unspecified atom stereocenters. The normalized spacial score (nSPS) is 17.2. The minimum atomic E-state index is -0.674. The van der Waals surface area contributed by atoms with Crippen molar-refractivity contribution in [1.29, 1.82) is 0 Å². The van der Waals surface area contributed by atoms with Crippen LogP contribution in [0.4, 0.5) is 0 Å². The highest BCUT2D eigenvalue weighted by atomic mass is 35.5. The Bertz CT molecular complexity index is 409. The zero-order chi connectivity index (χ0) is 13.7. The lowest BCUT2D eigenvalue weighted by Crippen LogP contribution is -2.33. The summed E-state index contributed by atoms with van der Waals surface area (Å²) in [6.07, 6.45) is 2.18. The third-order valence-electron chi connectivity index (χ3n) is 3.71. The lowest BCUT2D eigenvalue weighted by Gasteiger charge is -2.28. The maximum atomic E-state index is 11.9. The van der Waals surface area contributed by atoms with Gasteiger partial charge in [-0.15, -0.1) is 24.8 Å². The summed E-state index contributed by atoms with van der Waals surface area (Å²) < 4.78 is 5.35. The van der Waals surface area contributed by atoms with Gasteiger partial charge in [0.15, 0.2) is 0 Å². The molecule has 0 saturated carbocycles. The summed E-state index contributed by atoms with van der Waals surface area (Å²) in [6.45, 7) is 2.65. The highest BCUT2D eigenvalue weighted by Crippen LogP contribution is 2.18. The second-order valence-electron chi connectivity index (χ2n) is 5.27. The fourth-order valence-electron chi connectivity index (χ4n) is 2.31. The molecule has 1 aromatic rings. The van der Waals surface area contributed by atoms with Gasteiger partial charge in [-0.2, -0.15) is 0 Å². The first-order valence-corrected chi connectivity index (χ1v) is 6.82. The Kier molecular flexibility index (Phi) is 9.62. The molecule has 6 heteroatoms. The number of halogens is 2. The van der Waals surface area contributed by atoms with Crippen molar-refractivity contribution >= 4 is 30.8 Å². The Morgan fingerprint density at radius 3 is 2.43 bits per heavy atom. The Morgan fingerprint density at radius 2 is 1.86 bits per heavy atom. The average molecular weight is 335 g/mol. The third kappa shape index (κ3) is 6.22. The van der Waals surface area contributed by atoms with E-state index in [9.17, 15) is 4.79 Å². The predicted octanol–water partition coefficient (Wildman–Crippen LogP) is 2.42. The van der Waals surface area contributed by atoms with Gasteiger partial charge >= 0.3 is 5.97 Å². The molecular formula is C15H24Cl2N2O2. The standard InChI is InChI=1S/C15H22N2O2.2ClH/c1-17-9-7-12(8-10-17)11-19-15(18)14(16)13-5-3-2-4-6-13;;/h2-6,12,14H,7-11,16H2,1H3;2*1H. The van der Waals surface area contributed by atoms with Crippen LogP contribution in [0, 0.1) is 5.92 Å². The van der Waals surface area contributed by atoms with Crippen LogP contribution in [-0.2, 0) is 9.53 Å². The number of piperidine rings is 1. The first-order valence-electron chi connectivity index (χ1n) is 6.82. The number of carbonyl (C=O) groups excluding carboxylic acids is 1. The fraction of sp³-hybridized carbons (Fsp3) is 0.533. The summed E-state index contributed by atoms with van der Waals surface area (Å²) in [5, 5.41) is 0. The van der Waals surface area contributed by atoms with Crippen LogP contribution in [0.25, 0.3) is 0 Å². The second kappa shape index (κ2) is 10.0. The van der Waals surface area contributed by atoms with Crippen molar-refractivity contribution in [3.63, 3.8) is 0 Å². The summed E-state index contributed by atoms with van der Waals surface area (Å²) in [6, 6.07) is 8.68. The largest absolute Gasteiger partial charge is 0.464 e. The maximum Gasteiger partial charge on any atom is 0.327 e. The van der Waals surface area contributed by atoms with Crippen LogP contribution in [-0.4, -0.2) is 37.6 Å². The number of esters is 1. The molecule has 1 saturated heterocycles. The monoisotopic (exact) mass is 334 g/mol. The topological polar surface area (TPSA) is 55.6 Å². The minimum absolute atomic E-state index is 0. The molecule has 0 amide bonds. The van der Waals surface area contributed by atoms with Gasteiger partial charge < -0.3 is 15.4 Å². The van der Waals surface area contributed by atoms with Crippen molar-refractivity contribution in [3.05, 3.63) is 35.9 Å². The fourth-order valence-corrected chi connectivity index (χ4v) is 2.31. The number of likely N-dealkylation sites (tertiary alicyclic amines) is 1. The van der Waals surface area contributed by atoms with Crippen molar-refractivity contribution in [2.24, 2.45) is 11.7 Å². The van der Waals surface area contributed by atoms with E-state index in [4.69, 9.17) is 10.5 Å². The Morgan fingerprint density at radius 1 is 1.29 bits per heavy atom. The molecule has 1 aromatic carbocycles. The molecule has 4 nitrogen and oxygen atoms in total. The van der Waals surface area contributed by atoms with Crippen LogP contribution in [0.3, 0.4) is 0 Å². The number of benzene rings is 1. The minimum Gasteiger partial charge on any atom is -0.464 e. The molecule has 0 aliphatic carbocycles. The number of nitrogens with two attached hydrogens (primary N) is 1. The van der Waals surface area contributed by atoms with Crippen LogP contribution >= 0.6 is 24.8 Å². The molecular weight excluding hydrogens is 311 g/mol. The van der Waals surface area contributed by atoms with Crippen molar-refractivity contribution in [3.8, 4) is 0 Å². The molecule has 1 aliphatic heterocycles. The smallest absolute Gasteiger partial charge is 0.327 e. The summed E-state index contributed by atoms with van der Waals surface area (Å²) in [4.78, 5) is 14.2. The zero-order valence-corrected chi connectivity index (χ0v) is 13.9. The second-order valence-corrected chi connectivity index (χ2v) is 5.27. The lowest BCUT2D eigenvalue weighted by molar-refractivity contribution is -0.147. The van der Waals surface area contributed by atoms with Crippen molar-refractivity contribution in [1.82, 2.24) is 4.90 Å². The van der Waals surface area contributed by atoms with Gasteiger partial charge in [-0.3, -0.25) is 0 Å². The van der Waals surface area contributed by atoms with E-state index in [1.54, 1.807) is 0 Å². The first kappa shape index (κ1) is 20.2. The van der Waals surface area contributed by atoms with Crippen LogP contribution in [0.5, 0.6) is 0 Å². The number of carbonyl (C=O) groups is 1. The van der Waals surface area contributed by atoms with Crippen LogP contribution in [0.15, 0.2) is 30.3 Å². The molecule has 2 N–H and O–H groups in total. The van der Waals surface area contributed by atoms with Gasteiger partial charge in [0.1, 0.15) is 6.04 Å². The number of ether oxygens (including phenoxy) is 1. The molecule has 21 heavy (non-hydrogen) atoms.